The van der Waals surface area contributed by atoms with Gasteiger partial charge in [-0.3, -0.25) is 4.98 Å². The number of nitrogens with zero attached hydrogens (tertiary/aromatic N) is 4. The predicted molar refractivity (Wildman–Crippen MR) is 101 cm³/mol. The second-order valence-electron chi connectivity index (χ2n) is 5.76. The van der Waals surface area contributed by atoms with Gasteiger partial charge in [0.15, 0.2) is 5.13 Å². The summed E-state index contributed by atoms with van der Waals surface area (Å²) < 4.78 is 14.8. The molecule has 3 aromatic heterocycles. The average Bonchev–Trinajstić information content (AvgIpc) is 3.28. The molecule has 0 bridgehead atoms. The molecule has 26 heavy (non-hydrogen) atoms. The van der Waals surface area contributed by atoms with Crippen molar-refractivity contribution >= 4 is 16.5 Å². The third-order valence-electron chi connectivity index (χ3n) is 3.90. The third kappa shape index (κ3) is 3.48. The molecule has 0 aliphatic carbocycles. The lowest BCUT2D eigenvalue weighted by Crippen LogP contribution is -1.98. The van der Waals surface area contributed by atoms with Crippen LogP contribution < -0.4 is 5.32 Å². The highest BCUT2D eigenvalue weighted by atomic mass is 32.1. The van der Waals surface area contributed by atoms with Gasteiger partial charge in [0.05, 0.1) is 16.3 Å². The number of nitrogens with one attached hydrogen (secondary N) is 1. The predicted octanol–water partition coefficient (Wildman–Crippen LogP) is 4.45. The van der Waals surface area contributed by atoms with Crippen LogP contribution in [0.5, 0.6) is 0 Å². The Balaban J connectivity index is 1.53. The van der Waals surface area contributed by atoms with Crippen molar-refractivity contribution in [3.05, 3.63) is 78.1 Å². The highest BCUT2D eigenvalue weighted by molar-refractivity contribution is 7.19. The van der Waals surface area contributed by atoms with Crippen molar-refractivity contribution in [1.82, 2.24) is 19.7 Å². The quantitative estimate of drug-likeness (QED) is 0.568. The first-order valence-electron chi connectivity index (χ1n) is 8.11. The van der Waals surface area contributed by atoms with Gasteiger partial charge in [0.1, 0.15) is 11.5 Å². The topological polar surface area (TPSA) is 55.6 Å². The minimum Gasteiger partial charge on any atom is -0.357 e. The van der Waals surface area contributed by atoms with E-state index in [1.807, 2.05) is 31.3 Å². The molecule has 0 saturated carbocycles. The molecule has 0 atom stereocenters. The van der Waals surface area contributed by atoms with Gasteiger partial charge in [-0.25, -0.2) is 14.1 Å². The van der Waals surface area contributed by atoms with Crippen LogP contribution in [-0.2, 0) is 6.54 Å². The number of benzene rings is 1. The van der Waals surface area contributed by atoms with Gasteiger partial charge < -0.3 is 5.32 Å². The number of hydrogen-bond acceptors (Lipinski definition) is 5. The van der Waals surface area contributed by atoms with Crippen LogP contribution in [0.3, 0.4) is 0 Å². The van der Waals surface area contributed by atoms with Crippen molar-refractivity contribution < 1.29 is 4.39 Å². The number of aromatic nitrogens is 4. The molecular formula is C19H16FN5S. The smallest absolute Gasteiger partial charge is 0.183 e. The fraction of sp³-hybridized carbons (Fsp3) is 0.105. The van der Waals surface area contributed by atoms with Gasteiger partial charge in [0.25, 0.3) is 0 Å². The van der Waals surface area contributed by atoms with Crippen LogP contribution in [0.15, 0.2) is 61.1 Å². The Bertz CT molecular complexity index is 1010. The van der Waals surface area contributed by atoms with E-state index in [1.54, 1.807) is 40.5 Å². The number of anilines is 1. The van der Waals surface area contributed by atoms with E-state index < -0.39 is 0 Å². The maximum Gasteiger partial charge on any atom is 0.183 e. The molecule has 1 N–H and O–H groups in total. The standard InChI is InChI=1S/C19H16FN5S/c1-13-18(26-19(23-13)22-12-14-6-9-21-10-7-14)17-8-11-25(24-17)16-4-2-15(20)3-5-16/h2-11H,12H2,1H3,(H,22,23). The fourth-order valence-electron chi connectivity index (χ4n) is 2.57. The van der Waals surface area contributed by atoms with Gasteiger partial charge in [0, 0.05) is 25.1 Å². The Morgan fingerprint density at radius 2 is 1.85 bits per heavy atom. The Labute approximate surface area is 154 Å². The van der Waals surface area contributed by atoms with Crippen molar-refractivity contribution in [1.29, 1.82) is 0 Å². The molecule has 0 radical (unpaired) electrons. The number of pyridine rings is 1. The van der Waals surface area contributed by atoms with E-state index in [0.717, 1.165) is 32.6 Å². The SMILES string of the molecule is Cc1nc(NCc2ccncc2)sc1-c1ccn(-c2ccc(F)cc2)n1. The second kappa shape index (κ2) is 7.05. The summed E-state index contributed by atoms with van der Waals surface area (Å²) in [5.74, 6) is -0.260. The molecule has 4 rings (SSSR count). The molecule has 0 spiro atoms. The van der Waals surface area contributed by atoms with Crippen molar-refractivity contribution in [2.45, 2.75) is 13.5 Å². The van der Waals surface area contributed by atoms with Crippen LogP contribution >= 0.6 is 11.3 Å². The first-order chi connectivity index (χ1) is 12.7. The number of aryl methyl sites for hydroxylation is 1. The number of halogens is 1. The normalized spacial score (nSPS) is 10.8. The van der Waals surface area contributed by atoms with E-state index in [-0.39, 0.29) is 5.82 Å². The Morgan fingerprint density at radius 1 is 1.08 bits per heavy atom. The lowest BCUT2D eigenvalue weighted by Gasteiger charge is -2.01. The summed E-state index contributed by atoms with van der Waals surface area (Å²) >= 11 is 1.57. The van der Waals surface area contributed by atoms with E-state index in [9.17, 15) is 4.39 Å². The molecule has 4 aromatic rings. The maximum absolute atomic E-state index is 13.1. The summed E-state index contributed by atoms with van der Waals surface area (Å²) in [5.41, 5.74) is 3.74. The van der Waals surface area contributed by atoms with Gasteiger partial charge in [0.2, 0.25) is 0 Å². The van der Waals surface area contributed by atoms with Crippen molar-refractivity contribution in [2.24, 2.45) is 0 Å². The number of thiazole rings is 1. The van der Waals surface area contributed by atoms with Crippen LogP contribution in [0, 0.1) is 12.7 Å². The molecule has 0 fully saturated rings. The molecule has 3 heterocycles. The highest BCUT2D eigenvalue weighted by Gasteiger charge is 2.13. The van der Waals surface area contributed by atoms with Crippen LogP contribution in [0.1, 0.15) is 11.3 Å². The zero-order chi connectivity index (χ0) is 17.9. The molecular weight excluding hydrogens is 349 g/mol. The van der Waals surface area contributed by atoms with E-state index in [1.165, 1.54) is 12.1 Å². The van der Waals surface area contributed by atoms with Crippen molar-refractivity contribution in [3.63, 3.8) is 0 Å². The molecule has 0 aliphatic heterocycles. The van der Waals surface area contributed by atoms with E-state index in [4.69, 9.17) is 0 Å². The first-order valence-corrected chi connectivity index (χ1v) is 8.93. The van der Waals surface area contributed by atoms with E-state index >= 15 is 0 Å². The molecule has 5 nitrogen and oxygen atoms in total. The fourth-order valence-corrected chi connectivity index (χ4v) is 3.50. The Morgan fingerprint density at radius 3 is 2.62 bits per heavy atom. The second-order valence-corrected chi connectivity index (χ2v) is 6.76. The average molecular weight is 365 g/mol. The van der Waals surface area contributed by atoms with Crippen LogP contribution in [0.2, 0.25) is 0 Å². The van der Waals surface area contributed by atoms with E-state index in [0.29, 0.717) is 6.54 Å². The molecule has 0 unspecified atom stereocenters. The Hall–Kier alpha value is -3.06. The van der Waals surface area contributed by atoms with Crippen LogP contribution in [0.25, 0.3) is 16.3 Å². The number of hydrogen-bond donors (Lipinski definition) is 1. The Kier molecular flexibility index (Phi) is 4.45. The third-order valence-corrected chi connectivity index (χ3v) is 5.04. The van der Waals surface area contributed by atoms with Crippen LogP contribution in [0.4, 0.5) is 9.52 Å². The zero-order valence-corrected chi connectivity index (χ0v) is 14.9. The van der Waals surface area contributed by atoms with Gasteiger partial charge in [-0.15, -0.1) is 0 Å². The zero-order valence-electron chi connectivity index (χ0n) is 14.1. The first kappa shape index (κ1) is 16.4. The van der Waals surface area contributed by atoms with Crippen molar-refractivity contribution in [2.75, 3.05) is 5.32 Å². The van der Waals surface area contributed by atoms with E-state index in [2.05, 4.69) is 20.4 Å². The lowest BCUT2D eigenvalue weighted by molar-refractivity contribution is 0.627. The molecule has 0 aliphatic rings. The van der Waals surface area contributed by atoms with Crippen LogP contribution in [-0.4, -0.2) is 19.7 Å². The highest BCUT2D eigenvalue weighted by Crippen LogP contribution is 2.32. The summed E-state index contributed by atoms with van der Waals surface area (Å²) in [4.78, 5) is 9.62. The summed E-state index contributed by atoms with van der Waals surface area (Å²) in [6.45, 7) is 2.67. The monoisotopic (exact) mass is 365 g/mol. The summed E-state index contributed by atoms with van der Waals surface area (Å²) in [6.07, 6.45) is 5.42. The molecule has 7 heteroatoms. The summed E-state index contributed by atoms with van der Waals surface area (Å²) in [6, 6.07) is 12.1. The maximum atomic E-state index is 13.1. The molecule has 0 amide bonds. The summed E-state index contributed by atoms with van der Waals surface area (Å²) in [5, 5.41) is 8.79. The number of rotatable bonds is 5. The van der Waals surface area contributed by atoms with Gasteiger partial charge in [-0.2, -0.15) is 5.10 Å². The summed E-state index contributed by atoms with van der Waals surface area (Å²) in [7, 11) is 0. The minimum absolute atomic E-state index is 0.260. The van der Waals surface area contributed by atoms with Gasteiger partial charge in [-0.05, 0) is 55.0 Å². The molecule has 0 saturated heterocycles. The van der Waals surface area contributed by atoms with Gasteiger partial charge in [-0.1, -0.05) is 11.3 Å². The minimum atomic E-state index is -0.260. The lowest BCUT2D eigenvalue weighted by atomic mass is 10.3. The largest absolute Gasteiger partial charge is 0.357 e. The van der Waals surface area contributed by atoms with Gasteiger partial charge >= 0.3 is 0 Å². The molecule has 130 valence electrons. The van der Waals surface area contributed by atoms with Crippen molar-refractivity contribution in [3.8, 4) is 16.3 Å². The molecule has 1 aromatic carbocycles.